The molecule has 1 unspecified atom stereocenters. The molecule has 0 rings (SSSR count). The number of thiol groups is 1. The summed E-state index contributed by atoms with van der Waals surface area (Å²) in [6.45, 7) is 2.10. The van der Waals surface area contributed by atoms with Gasteiger partial charge in [-0.2, -0.15) is 8.42 Å². The van der Waals surface area contributed by atoms with Crippen molar-refractivity contribution in [1.82, 2.24) is 0 Å². The number of rotatable bonds is 12. The van der Waals surface area contributed by atoms with E-state index in [1.807, 2.05) is 5.34 Å². The third kappa shape index (κ3) is 10.9. The molecule has 0 fully saturated rings. The molecule has 0 aromatic heterocycles. The molecule has 8 nitrogen and oxygen atoms in total. The first-order valence-corrected chi connectivity index (χ1v) is 7.99. The van der Waals surface area contributed by atoms with Gasteiger partial charge in [0.2, 0.25) is 0 Å². The predicted octanol–water partition coefficient (Wildman–Crippen LogP) is 2.04. The highest BCUT2D eigenvalue weighted by atomic mass is 32.2. The Morgan fingerprint density at radius 2 is 1.71 bits per heavy atom. The van der Waals surface area contributed by atoms with Crippen molar-refractivity contribution in [2.75, 3.05) is 0 Å². The van der Waals surface area contributed by atoms with Crippen molar-refractivity contribution >= 4 is 22.9 Å². The maximum Gasteiger partial charge on any atom is 0.342 e. The Kier molecular flexibility index (Phi) is 11.4. The van der Waals surface area contributed by atoms with Gasteiger partial charge in [-0.3, -0.25) is 9.63 Å². The molecule has 21 heavy (non-hydrogen) atoms. The van der Waals surface area contributed by atoms with Gasteiger partial charge in [-0.25, -0.2) is 4.79 Å². The van der Waals surface area contributed by atoms with Gasteiger partial charge in [0.25, 0.3) is 0 Å². The second-order valence-electron chi connectivity index (χ2n) is 4.63. The maximum atomic E-state index is 11.5. The van der Waals surface area contributed by atoms with Gasteiger partial charge >= 0.3 is 22.9 Å². The smallest absolute Gasteiger partial charge is 0.342 e. The summed E-state index contributed by atoms with van der Waals surface area (Å²) in [5, 5.41) is 2.02. The number of nitrogens with zero attached hydrogens (tertiary/aromatic N) is 1. The molecule has 0 heterocycles. The topological polar surface area (TPSA) is 116 Å². The molecule has 0 aromatic rings. The van der Waals surface area contributed by atoms with E-state index in [9.17, 15) is 22.9 Å². The lowest BCUT2D eigenvalue weighted by Gasteiger charge is -2.11. The highest BCUT2D eigenvalue weighted by Crippen LogP contribution is 2.18. The van der Waals surface area contributed by atoms with E-state index >= 15 is 0 Å². The van der Waals surface area contributed by atoms with E-state index in [1.54, 1.807) is 0 Å². The lowest BCUT2D eigenvalue weighted by Crippen LogP contribution is -2.20. The fraction of sp³-hybridized carbons (Fsp3) is 0.833. The number of carbonyl (C=O) groups is 2. The standard InChI is InChI=1S/C12H21NO7S/c1-2-3-4-5-6-7-8-10(12(15)19-13-16)9-11(14)20-21(17)18/h10,21H,2-9H2,1H3. The SMILES string of the molecule is CCCCCCCCC(CC(=O)O[SH](=O)=O)C(=O)ON=O. The largest absolute Gasteiger partial charge is 0.348 e. The summed E-state index contributed by atoms with van der Waals surface area (Å²) < 4.78 is 24.5. The van der Waals surface area contributed by atoms with Crippen molar-refractivity contribution in [3.8, 4) is 0 Å². The van der Waals surface area contributed by atoms with E-state index in [1.165, 1.54) is 0 Å². The number of unbranched alkanes of at least 4 members (excludes halogenated alkanes) is 5. The fourth-order valence-corrected chi connectivity index (χ4v) is 2.15. The van der Waals surface area contributed by atoms with Crippen LogP contribution in [0.25, 0.3) is 0 Å². The molecule has 0 aliphatic carbocycles. The normalized spacial score (nSPS) is 11.9. The molecular weight excluding hydrogens is 302 g/mol. The van der Waals surface area contributed by atoms with Crippen LogP contribution in [0, 0.1) is 10.8 Å². The van der Waals surface area contributed by atoms with E-state index in [2.05, 4.69) is 15.9 Å². The summed E-state index contributed by atoms with van der Waals surface area (Å²) in [6, 6.07) is 0. The third-order valence-corrected chi connectivity index (χ3v) is 3.31. The van der Waals surface area contributed by atoms with E-state index < -0.39 is 35.3 Å². The number of hydrogen-bond donors (Lipinski definition) is 1. The molecule has 0 aliphatic rings. The van der Waals surface area contributed by atoms with Crippen LogP contribution in [0.3, 0.4) is 0 Å². The molecule has 0 saturated carbocycles. The Labute approximate surface area is 125 Å². The van der Waals surface area contributed by atoms with Gasteiger partial charge < -0.3 is 4.18 Å². The average molecular weight is 323 g/mol. The van der Waals surface area contributed by atoms with Gasteiger partial charge in [0.1, 0.15) is 0 Å². The molecule has 0 N–H and O–H groups in total. The minimum Gasteiger partial charge on any atom is -0.348 e. The Morgan fingerprint density at radius 1 is 1.10 bits per heavy atom. The summed E-state index contributed by atoms with van der Waals surface area (Å²) in [6.07, 6.45) is 5.78. The van der Waals surface area contributed by atoms with Crippen molar-refractivity contribution in [3.05, 3.63) is 4.91 Å². The van der Waals surface area contributed by atoms with E-state index in [4.69, 9.17) is 0 Å². The number of hydrogen-bond acceptors (Lipinski definition) is 8. The molecule has 0 saturated heterocycles. The predicted molar refractivity (Wildman–Crippen MR) is 74.4 cm³/mol. The summed E-state index contributed by atoms with van der Waals surface area (Å²) >= 11 is 0. The van der Waals surface area contributed by atoms with Gasteiger partial charge in [-0.15, -0.1) is 4.91 Å². The van der Waals surface area contributed by atoms with Crippen LogP contribution >= 0.6 is 0 Å². The van der Waals surface area contributed by atoms with Crippen LogP contribution in [0.4, 0.5) is 0 Å². The minimum absolute atomic E-state index is 0.311. The zero-order valence-corrected chi connectivity index (χ0v) is 12.9. The van der Waals surface area contributed by atoms with Gasteiger partial charge in [-0.1, -0.05) is 45.4 Å². The van der Waals surface area contributed by atoms with Crippen LogP contribution in [-0.4, -0.2) is 20.4 Å². The molecule has 0 spiro atoms. The van der Waals surface area contributed by atoms with Crippen molar-refractivity contribution in [3.63, 3.8) is 0 Å². The molecule has 0 amide bonds. The van der Waals surface area contributed by atoms with Crippen LogP contribution in [0.2, 0.25) is 0 Å². The van der Waals surface area contributed by atoms with E-state index in [-0.39, 0.29) is 0 Å². The van der Waals surface area contributed by atoms with E-state index in [0.29, 0.717) is 12.8 Å². The zero-order chi connectivity index (χ0) is 16.1. The first kappa shape index (κ1) is 19.5. The molecular formula is C12H21NO7S. The third-order valence-electron chi connectivity index (χ3n) is 2.96. The Morgan fingerprint density at radius 3 is 2.29 bits per heavy atom. The average Bonchev–Trinajstić information content (AvgIpc) is 2.40. The van der Waals surface area contributed by atoms with Crippen LogP contribution in [-0.2, 0) is 29.6 Å². The minimum atomic E-state index is -3.31. The van der Waals surface area contributed by atoms with Crippen LogP contribution in [0.5, 0.6) is 0 Å². The summed E-state index contributed by atoms with van der Waals surface area (Å²) in [7, 11) is -3.31. The summed E-state index contributed by atoms with van der Waals surface area (Å²) in [4.78, 5) is 36.6. The van der Waals surface area contributed by atoms with Crippen molar-refractivity contribution in [2.24, 2.45) is 11.3 Å². The Balaban J connectivity index is 4.23. The maximum absolute atomic E-state index is 11.5. The summed E-state index contributed by atoms with van der Waals surface area (Å²) in [5.41, 5.74) is 0. The van der Waals surface area contributed by atoms with E-state index in [0.717, 1.165) is 32.1 Å². The van der Waals surface area contributed by atoms with Crippen LogP contribution < -0.4 is 0 Å². The van der Waals surface area contributed by atoms with Crippen molar-refractivity contribution in [2.45, 2.75) is 58.3 Å². The quantitative estimate of drug-likeness (QED) is 0.253. The monoisotopic (exact) mass is 323 g/mol. The van der Waals surface area contributed by atoms with Gasteiger partial charge in [0, 0.05) is 0 Å². The lowest BCUT2D eigenvalue weighted by atomic mass is 9.97. The van der Waals surface area contributed by atoms with Gasteiger partial charge in [0.05, 0.1) is 12.3 Å². The molecule has 0 bridgehead atoms. The van der Waals surface area contributed by atoms with Gasteiger partial charge in [-0.05, 0) is 6.42 Å². The first-order chi connectivity index (χ1) is 10.0. The molecule has 122 valence electrons. The molecule has 0 radical (unpaired) electrons. The molecule has 0 aliphatic heterocycles. The zero-order valence-electron chi connectivity index (χ0n) is 12.0. The highest BCUT2D eigenvalue weighted by molar-refractivity contribution is 7.67. The second-order valence-corrected chi connectivity index (χ2v) is 5.26. The number of carbonyl (C=O) groups excluding carboxylic acids is 2. The highest BCUT2D eigenvalue weighted by Gasteiger charge is 2.25. The second kappa shape index (κ2) is 12.2. The fourth-order valence-electron chi connectivity index (χ4n) is 1.91. The Hall–Kier alpha value is -1.51. The summed E-state index contributed by atoms with van der Waals surface area (Å²) in [5.74, 6) is -2.92. The first-order valence-electron chi connectivity index (χ1n) is 6.90. The van der Waals surface area contributed by atoms with Crippen molar-refractivity contribution in [1.29, 1.82) is 0 Å². The van der Waals surface area contributed by atoms with Gasteiger partial charge in [0.15, 0.2) is 5.34 Å². The lowest BCUT2D eigenvalue weighted by molar-refractivity contribution is -0.152. The Bertz CT molecular complexity index is 400. The molecule has 9 heteroatoms. The molecule has 1 atom stereocenters. The van der Waals surface area contributed by atoms with Crippen LogP contribution in [0.15, 0.2) is 5.34 Å². The molecule has 0 aromatic carbocycles. The van der Waals surface area contributed by atoms with Crippen molar-refractivity contribution < 1.29 is 27.0 Å². The van der Waals surface area contributed by atoms with Crippen LogP contribution in [0.1, 0.15) is 58.3 Å².